The molecular weight excluding hydrogens is 242 g/mol. The van der Waals surface area contributed by atoms with Gasteiger partial charge >= 0.3 is 0 Å². The second kappa shape index (κ2) is 5.53. The van der Waals surface area contributed by atoms with E-state index in [0.717, 1.165) is 4.13 Å². The minimum absolute atomic E-state index is 1.15. The smallest absolute Gasteiger partial charge is 0.241 e. The molecule has 1 saturated heterocycles. The van der Waals surface area contributed by atoms with Gasteiger partial charge in [-0.05, 0) is 0 Å². The van der Waals surface area contributed by atoms with E-state index >= 15 is 0 Å². The average Bonchev–Trinajstić information content (AvgIpc) is 2.29. The highest BCUT2D eigenvalue weighted by molar-refractivity contribution is 8.07. The first-order valence-electron chi connectivity index (χ1n) is 3.66. The maximum absolute atomic E-state index is 11.1. The first-order valence-corrected chi connectivity index (χ1v) is 6.34. The highest BCUT2D eigenvalue weighted by Gasteiger charge is 2.01. The van der Waals surface area contributed by atoms with E-state index in [1.807, 2.05) is 0 Å². The van der Waals surface area contributed by atoms with Gasteiger partial charge in [0.05, 0.1) is 13.1 Å². The maximum Gasteiger partial charge on any atom is 0.241 e. The first-order chi connectivity index (χ1) is 6.21. The summed E-state index contributed by atoms with van der Waals surface area (Å²) in [5.41, 5.74) is 0. The molecule has 0 aliphatic carbocycles. The fourth-order valence-electron chi connectivity index (χ4n) is 0.828. The average molecular weight is 252 g/mol. The lowest BCUT2D eigenvalue weighted by atomic mass is 10.4. The number of halogens is 2. The van der Waals surface area contributed by atoms with Crippen molar-refractivity contribution >= 4 is 20.8 Å². The highest BCUT2D eigenvalue weighted by Crippen LogP contribution is 2.11. The molecule has 1 aliphatic rings. The van der Waals surface area contributed by atoms with E-state index in [2.05, 4.69) is 5.32 Å². The molecule has 0 aromatic carbocycles. The Morgan fingerprint density at radius 2 is 1.29 bits per heavy atom. The summed E-state index contributed by atoms with van der Waals surface area (Å²) in [6.07, 6.45) is 2.89. The van der Waals surface area contributed by atoms with Crippen LogP contribution in [0.4, 0.5) is 7.77 Å². The van der Waals surface area contributed by atoms with Gasteiger partial charge < -0.3 is 9.44 Å². The molecule has 0 aromatic heterocycles. The third kappa shape index (κ3) is 11.7. The third-order valence-corrected chi connectivity index (χ3v) is 2.67. The monoisotopic (exact) mass is 252 g/mol. The molecule has 2 N–H and O–H groups in total. The largest absolute Gasteiger partial charge is 0.379 e. The SMILES string of the molecule is C1CC[NH2+]C1.O=S(=O)(F)[N-]S(=O)(=O)F. The first kappa shape index (κ1) is 13.7. The molecule has 0 bridgehead atoms. The summed E-state index contributed by atoms with van der Waals surface area (Å²) >= 11 is 0. The number of nitrogens with two attached hydrogens (primary N) is 1. The molecule has 0 spiro atoms. The Morgan fingerprint density at radius 3 is 1.36 bits per heavy atom. The van der Waals surface area contributed by atoms with Crippen LogP contribution in [0.1, 0.15) is 12.8 Å². The summed E-state index contributed by atoms with van der Waals surface area (Å²) in [5.74, 6) is 0. The van der Waals surface area contributed by atoms with Crippen LogP contribution in [0.15, 0.2) is 0 Å². The lowest BCUT2D eigenvalue weighted by Gasteiger charge is -2.03. The summed E-state index contributed by atoms with van der Waals surface area (Å²) in [7, 11) is -11.2. The number of quaternary nitrogens is 1. The molecular formula is C4H10F2N2O4S2. The Kier molecular flexibility index (Phi) is 5.41. The van der Waals surface area contributed by atoms with Crippen molar-refractivity contribution in [1.29, 1.82) is 0 Å². The van der Waals surface area contributed by atoms with Crippen LogP contribution in [0.2, 0.25) is 0 Å². The number of hydrogen-bond donors (Lipinski definition) is 1. The Bertz CT molecular complexity index is 310. The lowest BCUT2D eigenvalue weighted by molar-refractivity contribution is -0.635. The Balaban J connectivity index is 0.000000280. The van der Waals surface area contributed by atoms with E-state index in [4.69, 9.17) is 0 Å². The van der Waals surface area contributed by atoms with Crippen molar-refractivity contribution in [2.45, 2.75) is 12.8 Å². The van der Waals surface area contributed by atoms with Crippen molar-refractivity contribution in [3.63, 3.8) is 0 Å². The van der Waals surface area contributed by atoms with Crippen molar-refractivity contribution in [1.82, 2.24) is 0 Å². The van der Waals surface area contributed by atoms with Crippen molar-refractivity contribution in [2.75, 3.05) is 13.1 Å². The molecule has 1 fully saturated rings. The number of nitrogens with zero attached hydrogens (tertiary/aromatic N) is 1. The van der Waals surface area contributed by atoms with E-state index in [0.29, 0.717) is 0 Å². The van der Waals surface area contributed by atoms with E-state index in [9.17, 15) is 24.6 Å². The minimum atomic E-state index is -5.62. The van der Waals surface area contributed by atoms with Crippen LogP contribution in [0.3, 0.4) is 0 Å². The molecule has 0 atom stereocenters. The van der Waals surface area contributed by atoms with Crippen LogP contribution in [0.25, 0.3) is 4.13 Å². The van der Waals surface area contributed by atoms with Crippen molar-refractivity contribution < 1.29 is 29.9 Å². The van der Waals surface area contributed by atoms with Gasteiger partial charge in [-0.3, -0.25) is 0 Å². The van der Waals surface area contributed by atoms with Crippen molar-refractivity contribution in [3.05, 3.63) is 4.13 Å². The Morgan fingerprint density at radius 1 is 0.929 bits per heavy atom. The summed E-state index contributed by atoms with van der Waals surface area (Å²) in [4.78, 5) is 0. The van der Waals surface area contributed by atoms with Gasteiger partial charge in [-0.15, -0.1) is 7.77 Å². The minimum Gasteiger partial charge on any atom is -0.379 e. The van der Waals surface area contributed by atoms with E-state index in [1.54, 1.807) is 0 Å². The molecule has 0 radical (unpaired) electrons. The molecule has 0 unspecified atom stereocenters. The second-order valence-electron chi connectivity index (χ2n) is 2.47. The molecule has 86 valence electrons. The fraction of sp³-hybridized carbons (Fsp3) is 1.00. The Labute approximate surface area is 81.4 Å². The molecule has 0 aromatic rings. The predicted molar refractivity (Wildman–Crippen MR) is 44.3 cm³/mol. The molecule has 0 amide bonds. The van der Waals surface area contributed by atoms with Crippen LogP contribution in [0, 0.1) is 0 Å². The third-order valence-electron chi connectivity index (χ3n) is 1.24. The molecule has 1 rings (SSSR count). The van der Waals surface area contributed by atoms with Crippen LogP contribution in [-0.2, 0) is 20.8 Å². The van der Waals surface area contributed by atoms with Gasteiger partial charge in [-0.2, -0.15) is 0 Å². The zero-order valence-electron chi connectivity index (χ0n) is 7.06. The Hall–Kier alpha value is -0.320. The normalized spacial score (nSPS) is 17.3. The number of hydrogen-bond acceptors (Lipinski definition) is 4. The van der Waals surface area contributed by atoms with Gasteiger partial charge in [-0.25, -0.2) is 16.8 Å². The molecule has 0 saturated carbocycles. The van der Waals surface area contributed by atoms with Crippen LogP contribution >= 0.6 is 0 Å². The molecule has 14 heavy (non-hydrogen) atoms. The zero-order chi connectivity index (χ0) is 11.2. The molecule has 1 heterocycles. The van der Waals surface area contributed by atoms with Crippen LogP contribution < -0.4 is 5.32 Å². The summed E-state index contributed by atoms with van der Waals surface area (Å²) in [5, 5.41) is 2.36. The van der Waals surface area contributed by atoms with Crippen molar-refractivity contribution in [3.8, 4) is 0 Å². The quantitative estimate of drug-likeness (QED) is 0.646. The van der Waals surface area contributed by atoms with Gasteiger partial charge in [0.25, 0.3) is 0 Å². The second-order valence-corrected chi connectivity index (χ2v) is 4.72. The lowest BCUT2D eigenvalue weighted by Crippen LogP contribution is -2.80. The van der Waals surface area contributed by atoms with Crippen LogP contribution in [-0.4, -0.2) is 29.9 Å². The summed E-state index contributed by atoms with van der Waals surface area (Å²) in [6.45, 7) is 2.75. The van der Waals surface area contributed by atoms with Gasteiger partial charge in [-0.1, -0.05) is 0 Å². The van der Waals surface area contributed by atoms with Gasteiger partial charge in [0.2, 0.25) is 20.8 Å². The van der Waals surface area contributed by atoms with Gasteiger partial charge in [0.1, 0.15) is 0 Å². The van der Waals surface area contributed by atoms with E-state index < -0.39 is 20.8 Å². The number of rotatable bonds is 2. The predicted octanol–water partition coefficient (Wildman–Crippen LogP) is -0.868. The fourth-order valence-corrected chi connectivity index (χ4v) is 1.68. The van der Waals surface area contributed by atoms with Gasteiger partial charge in [0, 0.05) is 12.8 Å². The zero-order valence-corrected chi connectivity index (χ0v) is 8.69. The van der Waals surface area contributed by atoms with E-state index in [1.165, 1.54) is 25.9 Å². The van der Waals surface area contributed by atoms with Crippen molar-refractivity contribution in [2.24, 2.45) is 0 Å². The summed E-state index contributed by atoms with van der Waals surface area (Å²) in [6, 6.07) is 0. The molecule has 1 aliphatic heterocycles. The van der Waals surface area contributed by atoms with Gasteiger partial charge in [0.15, 0.2) is 0 Å². The highest BCUT2D eigenvalue weighted by atomic mass is 32.3. The summed E-state index contributed by atoms with van der Waals surface area (Å²) < 4.78 is 60.1. The topological polar surface area (TPSA) is 99.0 Å². The standard InChI is InChI=1S/C4H9N.F2NO4S2/c1-2-4-5-3-1;1-8(4,5)3-9(2,6)7/h5H,1-4H2;/q;-1/p+1. The van der Waals surface area contributed by atoms with Crippen LogP contribution in [0.5, 0.6) is 0 Å². The van der Waals surface area contributed by atoms with E-state index in [-0.39, 0.29) is 0 Å². The maximum atomic E-state index is 11.1. The molecule has 6 nitrogen and oxygen atoms in total. The molecule has 10 heteroatoms.